The number of carbonyl (C=O) groups is 3. The molecule has 1 amide bonds. The van der Waals surface area contributed by atoms with Gasteiger partial charge in [0.25, 0.3) is 5.91 Å². The van der Waals surface area contributed by atoms with E-state index in [9.17, 15) is 19.5 Å². The fourth-order valence-electron chi connectivity index (χ4n) is 3.06. The highest BCUT2D eigenvalue weighted by Gasteiger charge is 2.19. The van der Waals surface area contributed by atoms with Crippen LogP contribution in [0.4, 0.5) is 0 Å². The van der Waals surface area contributed by atoms with E-state index in [1.165, 1.54) is 22.8 Å². The van der Waals surface area contributed by atoms with Crippen LogP contribution in [0, 0.1) is 0 Å². The summed E-state index contributed by atoms with van der Waals surface area (Å²) in [5, 5.41) is 16.2. The van der Waals surface area contributed by atoms with Gasteiger partial charge in [0.2, 0.25) is 0 Å². The van der Waals surface area contributed by atoms with Crippen LogP contribution in [0.1, 0.15) is 88.7 Å². The van der Waals surface area contributed by atoms with Crippen molar-refractivity contribution < 1.29 is 24.2 Å². The first-order chi connectivity index (χ1) is 16.0. The molecule has 9 heteroatoms. The standard InChI is InChI=1S/C23H30N4O5.C2H6/c1-6-8-16(10-7-9-15(2)13-20(28)32-23(3,4)5)25-21(29)18-14-17(22(30)31)26-19-11-12-24-27(18)19;1-2/h6,8-9,11-12,14,16H,7,10,13H2,1-5H3,(H,25,29)(H,30,31);1-2H3/b8-6+,15-9+;. The number of nitrogens with zero attached hydrogens (tertiary/aromatic N) is 3. The summed E-state index contributed by atoms with van der Waals surface area (Å²) < 4.78 is 6.63. The van der Waals surface area contributed by atoms with Gasteiger partial charge in [0, 0.05) is 18.2 Å². The van der Waals surface area contributed by atoms with Crippen molar-refractivity contribution in [2.75, 3.05) is 0 Å². The molecule has 1 unspecified atom stereocenters. The predicted octanol–water partition coefficient (Wildman–Crippen LogP) is 4.59. The Hall–Kier alpha value is -3.49. The van der Waals surface area contributed by atoms with Crippen molar-refractivity contribution in [2.45, 2.75) is 79.4 Å². The number of ether oxygens (including phenoxy) is 1. The summed E-state index contributed by atoms with van der Waals surface area (Å²) in [6, 6.07) is 2.45. The summed E-state index contributed by atoms with van der Waals surface area (Å²) in [5.41, 5.74) is 0.503. The van der Waals surface area contributed by atoms with Gasteiger partial charge in [-0.1, -0.05) is 37.6 Å². The minimum atomic E-state index is -1.22. The molecule has 0 aliphatic carbocycles. The Kier molecular flexibility index (Phi) is 11.1. The SMILES string of the molecule is C/C=C/C(CC/C=C(\C)CC(=O)OC(C)(C)C)NC(=O)c1cc(C(=O)O)nc2ccnn12.CC. The lowest BCUT2D eigenvalue weighted by Gasteiger charge is -2.19. The number of carboxylic acid groups (broad SMARTS) is 1. The molecule has 0 spiro atoms. The first kappa shape index (κ1) is 28.5. The fourth-order valence-corrected chi connectivity index (χ4v) is 3.06. The molecule has 0 saturated heterocycles. The lowest BCUT2D eigenvalue weighted by molar-refractivity contribution is -0.153. The van der Waals surface area contributed by atoms with Crippen LogP contribution in [0.15, 0.2) is 42.1 Å². The molecular weight excluding hydrogens is 436 g/mol. The van der Waals surface area contributed by atoms with E-state index in [1.807, 2.05) is 66.7 Å². The molecule has 0 fully saturated rings. The van der Waals surface area contributed by atoms with Gasteiger partial charge in [-0.25, -0.2) is 14.3 Å². The molecule has 2 heterocycles. The normalized spacial score (nSPS) is 12.7. The lowest BCUT2D eigenvalue weighted by atomic mass is 10.1. The molecule has 34 heavy (non-hydrogen) atoms. The summed E-state index contributed by atoms with van der Waals surface area (Å²) >= 11 is 0. The highest BCUT2D eigenvalue weighted by Crippen LogP contribution is 2.13. The molecule has 0 aliphatic rings. The average Bonchev–Trinajstić information content (AvgIpc) is 3.21. The van der Waals surface area contributed by atoms with Crippen molar-refractivity contribution >= 4 is 23.5 Å². The number of amides is 1. The van der Waals surface area contributed by atoms with Crippen LogP contribution < -0.4 is 5.32 Å². The van der Waals surface area contributed by atoms with Crippen LogP contribution >= 0.6 is 0 Å². The highest BCUT2D eigenvalue weighted by atomic mass is 16.6. The third-order valence-electron chi connectivity index (χ3n) is 4.37. The number of hydrogen-bond acceptors (Lipinski definition) is 6. The number of esters is 1. The van der Waals surface area contributed by atoms with E-state index < -0.39 is 17.5 Å². The monoisotopic (exact) mass is 472 g/mol. The zero-order valence-corrected chi connectivity index (χ0v) is 21.1. The number of nitrogens with one attached hydrogen (secondary N) is 1. The average molecular weight is 473 g/mol. The molecule has 2 aromatic rings. The van der Waals surface area contributed by atoms with Crippen molar-refractivity contribution in [2.24, 2.45) is 0 Å². The first-order valence-electron chi connectivity index (χ1n) is 11.4. The molecule has 9 nitrogen and oxygen atoms in total. The lowest BCUT2D eigenvalue weighted by Crippen LogP contribution is -2.35. The van der Waals surface area contributed by atoms with Gasteiger partial charge in [-0.05, 0) is 47.5 Å². The summed E-state index contributed by atoms with van der Waals surface area (Å²) in [4.78, 5) is 40.2. The number of hydrogen-bond donors (Lipinski definition) is 2. The Labute approximate surface area is 200 Å². The quantitative estimate of drug-likeness (QED) is 0.404. The molecule has 2 N–H and O–H groups in total. The van der Waals surface area contributed by atoms with Gasteiger partial charge in [-0.2, -0.15) is 5.10 Å². The third kappa shape index (κ3) is 9.17. The maximum atomic E-state index is 12.9. The van der Waals surface area contributed by atoms with Crippen LogP contribution in [0.3, 0.4) is 0 Å². The number of aromatic carboxylic acids is 1. The largest absolute Gasteiger partial charge is 0.477 e. The minimum Gasteiger partial charge on any atom is -0.477 e. The van der Waals surface area contributed by atoms with Crippen molar-refractivity contribution in [3.05, 3.63) is 53.5 Å². The van der Waals surface area contributed by atoms with Gasteiger partial charge in [0.05, 0.1) is 12.6 Å². The van der Waals surface area contributed by atoms with Crippen molar-refractivity contribution in [1.29, 1.82) is 0 Å². The molecule has 1 atom stereocenters. The Balaban J connectivity index is 0.00000281. The second-order valence-electron chi connectivity index (χ2n) is 8.43. The van der Waals surface area contributed by atoms with E-state index in [0.29, 0.717) is 12.8 Å². The van der Waals surface area contributed by atoms with Crippen molar-refractivity contribution in [3.63, 3.8) is 0 Å². The number of carboxylic acids is 1. The number of aromatic nitrogens is 3. The van der Waals surface area contributed by atoms with Crippen LogP contribution in [-0.4, -0.2) is 49.2 Å². The molecule has 2 aromatic heterocycles. The maximum absolute atomic E-state index is 12.9. The molecule has 0 aromatic carbocycles. The van der Waals surface area contributed by atoms with Crippen molar-refractivity contribution in [3.8, 4) is 0 Å². The van der Waals surface area contributed by atoms with Gasteiger partial charge in [-0.3, -0.25) is 9.59 Å². The molecule has 0 radical (unpaired) electrons. The maximum Gasteiger partial charge on any atom is 0.354 e. The number of carbonyl (C=O) groups excluding carboxylic acids is 2. The molecule has 2 rings (SSSR count). The van der Waals surface area contributed by atoms with Crippen LogP contribution in [0.25, 0.3) is 5.65 Å². The molecular formula is C25H36N4O5. The highest BCUT2D eigenvalue weighted by molar-refractivity contribution is 5.96. The Morgan fingerprint density at radius 3 is 2.53 bits per heavy atom. The van der Waals surface area contributed by atoms with E-state index in [4.69, 9.17) is 4.74 Å². The third-order valence-corrected chi connectivity index (χ3v) is 4.37. The van der Waals surface area contributed by atoms with Crippen LogP contribution in [0.5, 0.6) is 0 Å². The van der Waals surface area contributed by atoms with Gasteiger partial charge in [0.15, 0.2) is 11.3 Å². The van der Waals surface area contributed by atoms with E-state index >= 15 is 0 Å². The minimum absolute atomic E-state index is 0.0866. The molecule has 0 saturated carbocycles. The van der Waals surface area contributed by atoms with E-state index in [1.54, 1.807) is 0 Å². The first-order valence-corrected chi connectivity index (χ1v) is 11.4. The van der Waals surface area contributed by atoms with Gasteiger partial charge in [-0.15, -0.1) is 0 Å². The number of rotatable bonds is 9. The van der Waals surface area contributed by atoms with Gasteiger partial charge >= 0.3 is 11.9 Å². The molecule has 0 bridgehead atoms. The predicted molar refractivity (Wildman–Crippen MR) is 131 cm³/mol. The van der Waals surface area contributed by atoms with Gasteiger partial charge in [0.1, 0.15) is 11.3 Å². The number of fused-ring (bicyclic) bond motifs is 1. The summed E-state index contributed by atoms with van der Waals surface area (Å²) in [5.74, 6) is -1.96. The second-order valence-corrected chi connectivity index (χ2v) is 8.43. The summed E-state index contributed by atoms with van der Waals surface area (Å²) in [7, 11) is 0. The smallest absolute Gasteiger partial charge is 0.354 e. The zero-order chi connectivity index (χ0) is 25.9. The summed E-state index contributed by atoms with van der Waals surface area (Å²) in [6.07, 6.45) is 8.54. The zero-order valence-electron chi connectivity index (χ0n) is 21.1. The molecule has 186 valence electrons. The van der Waals surface area contributed by atoms with E-state index in [2.05, 4.69) is 15.4 Å². The van der Waals surface area contributed by atoms with Crippen molar-refractivity contribution in [1.82, 2.24) is 19.9 Å². The topological polar surface area (TPSA) is 123 Å². The Bertz CT molecular complexity index is 1050. The Morgan fingerprint density at radius 2 is 1.94 bits per heavy atom. The second kappa shape index (κ2) is 13.3. The fraction of sp³-hybridized carbons (Fsp3) is 0.480. The summed E-state index contributed by atoms with van der Waals surface area (Å²) in [6.45, 7) is 13.2. The van der Waals surface area contributed by atoms with E-state index in [0.717, 1.165) is 5.57 Å². The Morgan fingerprint density at radius 1 is 1.26 bits per heavy atom. The number of allylic oxidation sites excluding steroid dienone is 2. The van der Waals surface area contributed by atoms with Crippen LogP contribution in [-0.2, 0) is 9.53 Å². The van der Waals surface area contributed by atoms with E-state index in [-0.39, 0.29) is 35.5 Å². The molecule has 0 aliphatic heterocycles. The van der Waals surface area contributed by atoms with Gasteiger partial charge < -0.3 is 15.2 Å². The van der Waals surface area contributed by atoms with Crippen LogP contribution in [0.2, 0.25) is 0 Å².